The molecule has 6 N–H and O–H groups in total. The van der Waals surface area contributed by atoms with Crippen LogP contribution >= 0.6 is 0 Å². The van der Waals surface area contributed by atoms with Gasteiger partial charge in [0.1, 0.15) is 0 Å². The number of H-pyrrole nitrogens is 1. The van der Waals surface area contributed by atoms with Crippen molar-refractivity contribution in [2.75, 3.05) is 26.3 Å². The fourth-order valence-corrected chi connectivity index (χ4v) is 7.60. The number of morpholine rings is 1. The maximum Gasteiger partial charge on any atom is 0.248 e. The number of nitrogens with two attached hydrogens (primary N) is 1. The van der Waals surface area contributed by atoms with E-state index in [9.17, 15) is 19.8 Å². The first-order valence-corrected chi connectivity index (χ1v) is 18.6. The van der Waals surface area contributed by atoms with Gasteiger partial charge in [0.25, 0.3) is 0 Å². The zero-order valence-electron chi connectivity index (χ0n) is 30.5. The number of nitrogens with one attached hydrogen (secondary N) is 2. The lowest BCUT2D eigenvalue weighted by Gasteiger charge is -2.37. The van der Waals surface area contributed by atoms with E-state index in [-0.39, 0.29) is 37.5 Å². The van der Waals surface area contributed by atoms with Crippen molar-refractivity contribution in [3.05, 3.63) is 66.2 Å². The molecule has 5 atom stereocenters. The van der Waals surface area contributed by atoms with Crippen LogP contribution in [-0.4, -0.2) is 92.8 Å². The molecule has 0 spiro atoms. The predicted molar refractivity (Wildman–Crippen MR) is 197 cm³/mol. The van der Waals surface area contributed by atoms with Gasteiger partial charge >= 0.3 is 0 Å². The number of benzene rings is 2. The van der Waals surface area contributed by atoms with E-state index in [2.05, 4.69) is 15.3 Å². The average molecular weight is 704 g/mol. The van der Waals surface area contributed by atoms with Crippen molar-refractivity contribution >= 4 is 28.4 Å². The summed E-state index contributed by atoms with van der Waals surface area (Å²) in [6.45, 7) is 7.41. The first-order valence-electron chi connectivity index (χ1n) is 18.6. The van der Waals surface area contributed by atoms with Crippen molar-refractivity contribution in [1.29, 1.82) is 0 Å². The number of aliphatic hydroxyl groups is 2. The molecular formula is C40H57N5O6. The van der Waals surface area contributed by atoms with Gasteiger partial charge in [0, 0.05) is 44.5 Å². The Labute approximate surface area is 301 Å². The van der Waals surface area contributed by atoms with Gasteiger partial charge in [-0.1, -0.05) is 95.3 Å². The third-order valence-corrected chi connectivity index (χ3v) is 10.9. The second kappa shape index (κ2) is 17.3. The monoisotopic (exact) mass is 703 g/mol. The van der Waals surface area contributed by atoms with Crippen molar-refractivity contribution < 1.29 is 29.3 Å². The van der Waals surface area contributed by atoms with Crippen LogP contribution in [0.25, 0.3) is 10.8 Å². The molecule has 2 amide bonds. The van der Waals surface area contributed by atoms with E-state index in [1.54, 1.807) is 11.1 Å². The zero-order valence-corrected chi connectivity index (χ0v) is 30.5. The molecule has 278 valence electrons. The number of aliphatic hydroxyl groups excluding tert-OH is 2. The minimum atomic E-state index is -2.11. The molecule has 2 fully saturated rings. The van der Waals surface area contributed by atoms with Crippen LogP contribution < -0.4 is 11.1 Å². The lowest BCUT2D eigenvalue weighted by atomic mass is 9.77. The summed E-state index contributed by atoms with van der Waals surface area (Å²) >= 11 is 0. The Morgan fingerprint density at radius 3 is 2.43 bits per heavy atom. The molecule has 0 bridgehead atoms. The summed E-state index contributed by atoms with van der Waals surface area (Å²) in [4.78, 5) is 52.3. The van der Waals surface area contributed by atoms with Gasteiger partial charge in [0.15, 0.2) is 11.3 Å². The molecular weight excluding hydrogens is 646 g/mol. The van der Waals surface area contributed by atoms with Gasteiger partial charge in [-0.05, 0) is 40.5 Å². The maximum atomic E-state index is 15.0. The van der Waals surface area contributed by atoms with Crippen LogP contribution in [0.2, 0.25) is 0 Å². The van der Waals surface area contributed by atoms with Gasteiger partial charge in [-0.2, -0.15) is 0 Å². The van der Waals surface area contributed by atoms with Crippen LogP contribution in [-0.2, 0) is 32.0 Å². The fourth-order valence-electron chi connectivity index (χ4n) is 7.60. The molecule has 51 heavy (non-hydrogen) atoms. The minimum Gasteiger partial charge on any atom is -0.392 e. The molecule has 5 rings (SSSR count). The number of fused-ring (bicyclic) bond motifs is 1. The number of amides is 2. The molecule has 1 saturated heterocycles. The summed E-state index contributed by atoms with van der Waals surface area (Å²) in [5.74, 6) is -2.11. The van der Waals surface area contributed by atoms with Crippen LogP contribution in [0, 0.1) is 17.3 Å². The number of aromatic nitrogens is 2. The highest BCUT2D eigenvalue weighted by Crippen LogP contribution is 2.32. The quantitative estimate of drug-likeness (QED) is 0.147. The number of ether oxygens (including phenoxy) is 1. The topological polar surface area (TPSA) is 171 Å². The van der Waals surface area contributed by atoms with Crippen LogP contribution in [0.1, 0.15) is 83.4 Å². The Kier molecular flexibility index (Phi) is 13.1. The smallest absolute Gasteiger partial charge is 0.248 e. The summed E-state index contributed by atoms with van der Waals surface area (Å²) in [7, 11) is 0. The molecule has 1 aromatic heterocycles. The summed E-state index contributed by atoms with van der Waals surface area (Å²) in [5.41, 5.74) is 5.78. The second-order valence-corrected chi connectivity index (χ2v) is 15.8. The number of carbonyl (C=O) groups excluding carboxylic acids is 3. The Bertz CT molecular complexity index is 1590. The maximum absolute atomic E-state index is 15.0. The van der Waals surface area contributed by atoms with Crippen LogP contribution in [0.4, 0.5) is 0 Å². The Hall–Kier alpha value is -3.64. The van der Waals surface area contributed by atoms with Crippen molar-refractivity contribution in [1.82, 2.24) is 20.2 Å². The second-order valence-electron chi connectivity index (χ2n) is 15.8. The first-order chi connectivity index (χ1) is 24.3. The molecule has 2 heterocycles. The van der Waals surface area contributed by atoms with Crippen LogP contribution in [0.5, 0.6) is 0 Å². The number of hydrogen-bond acceptors (Lipinski definition) is 8. The van der Waals surface area contributed by atoms with E-state index in [0.717, 1.165) is 48.4 Å². The molecule has 3 unspecified atom stereocenters. The fraction of sp³-hybridized carbons (Fsp3) is 0.600. The van der Waals surface area contributed by atoms with Gasteiger partial charge < -0.3 is 35.9 Å². The zero-order chi connectivity index (χ0) is 36.6. The predicted octanol–water partition coefficient (Wildman–Crippen LogP) is 4.09. The van der Waals surface area contributed by atoms with E-state index in [0.29, 0.717) is 38.4 Å². The third kappa shape index (κ3) is 10.0. The number of carbonyl (C=O) groups is 3. The number of ketones is 1. The summed E-state index contributed by atoms with van der Waals surface area (Å²) in [6.07, 6.45) is 6.92. The third-order valence-electron chi connectivity index (χ3n) is 10.9. The van der Waals surface area contributed by atoms with E-state index in [1.165, 1.54) is 6.33 Å². The Morgan fingerprint density at radius 1 is 1.04 bits per heavy atom. The molecule has 2 aromatic carbocycles. The van der Waals surface area contributed by atoms with Gasteiger partial charge in [0.05, 0.1) is 43.5 Å². The van der Waals surface area contributed by atoms with E-state index < -0.39 is 46.8 Å². The highest BCUT2D eigenvalue weighted by molar-refractivity contribution is 6.12. The molecule has 1 saturated carbocycles. The SMILES string of the molecule is CC(C)(C)C(O)CC(O)[C@H](CC1CCCCC1)NC(=O)[C@@](N)(Cc1c[nH]cn1)C(=O)C(CC(=O)N1CCOCC1)Cc1cccc2ccccc12. The lowest BCUT2D eigenvalue weighted by molar-refractivity contribution is -0.144. The number of Topliss-reactive ketones (excluding diaryl/α,β-unsaturated/α-hetero) is 1. The van der Waals surface area contributed by atoms with Gasteiger partial charge in [0.2, 0.25) is 11.8 Å². The van der Waals surface area contributed by atoms with E-state index >= 15 is 4.79 Å². The Balaban J connectivity index is 1.49. The molecule has 2 aliphatic rings. The summed E-state index contributed by atoms with van der Waals surface area (Å²) in [6, 6.07) is 13.0. The summed E-state index contributed by atoms with van der Waals surface area (Å²) in [5, 5.41) is 27.5. The molecule has 0 radical (unpaired) electrons. The Morgan fingerprint density at radius 2 is 1.75 bits per heavy atom. The molecule has 1 aliphatic heterocycles. The van der Waals surface area contributed by atoms with Crippen LogP contribution in [0.3, 0.4) is 0 Å². The van der Waals surface area contributed by atoms with Crippen LogP contribution in [0.15, 0.2) is 55.0 Å². The normalized spacial score (nSPS) is 19.5. The lowest BCUT2D eigenvalue weighted by Crippen LogP contribution is -2.65. The van der Waals surface area contributed by atoms with Gasteiger partial charge in [-0.3, -0.25) is 14.4 Å². The van der Waals surface area contributed by atoms with Crippen molar-refractivity contribution in [2.45, 2.75) is 109 Å². The highest BCUT2D eigenvalue weighted by Gasteiger charge is 2.47. The number of hydrogen-bond donors (Lipinski definition) is 5. The van der Waals surface area contributed by atoms with Crippen molar-refractivity contribution in [2.24, 2.45) is 23.0 Å². The number of nitrogens with zero attached hydrogens (tertiary/aromatic N) is 2. The molecule has 11 nitrogen and oxygen atoms in total. The van der Waals surface area contributed by atoms with Gasteiger partial charge in [-0.15, -0.1) is 0 Å². The number of imidazole rings is 1. The van der Waals surface area contributed by atoms with Crippen molar-refractivity contribution in [3.8, 4) is 0 Å². The minimum absolute atomic E-state index is 0.0593. The molecule has 11 heteroatoms. The largest absolute Gasteiger partial charge is 0.392 e. The van der Waals surface area contributed by atoms with Crippen molar-refractivity contribution in [3.63, 3.8) is 0 Å². The number of aromatic amines is 1. The van der Waals surface area contributed by atoms with Gasteiger partial charge in [-0.25, -0.2) is 4.98 Å². The molecule has 1 aliphatic carbocycles. The number of rotatable bonds is 15. The van der Waals surface area contributed by atoms with E-state index in [1.807, 2.05) is 63.2 Å². The average Bonchev–Trinajstić information content (AvgIpc) is 3.64. The first kappa shape index (κ1) is 38.6. The highest BCUT2D eigenvalue weighted by atomic mass is 16.5. The standard InChI is InChI=1S/C40H57N5O6/c1-39(2,3)35(47)23-34(46)33(20-27-10-5-4-6-11-27)44-38(50)40(41,24-31-25-42-26-43-31)37(49)30(22-36(48)45-16-18-51-19-17-45)21-29-14-9-13-28-12-7-8-15-32(28)29/h7-9,12-15,25-27,30,33-35,46-47H,4-6,10-11,16-24,41H2,1-3H3,(H,42,43)(H,44,50)/t30?,33-,34?,35?,40+/m0/s1. The summed E-state index contributed by atoms with van der Waals surface area (Å²) < 4.78 is 5.46. The molecule has 3 aromatic rings. The van der Waals surface area contributed by atoms with E-state index in [4.69, 9.17) is 10.5 Å².